The highest BCUT2D eigenvalue weighted by molar-refractivity contribution is 6.00. The number of oxazole rings is 1. The Labute approximate surface area is 133 Å². The normalized spacial score (nSPS) is 10.5. The van der Waals surface area contributed by atoms with Gasteiger partial charge in [0.1, 0.15) is 11.3 Å². The minimum Gasteiger partial charge on any atom is -0.494 e. The Balaban J connectivity index is 1.65. The molecular formula is C17H17N3O3. The summed E-state index contributed by atoms with van der Waals surface area (Å²) in [7, 11) is 0. The van der Waals surface area contributed by atoms with Crippen LogP contribution in [0.1, 0.15) is 12.8 Å². The van der Waals surface area contributed by atoms with E-state index in [0.717, 1.165) is 5.75 Å². The van der Waals surface area contributed by atoms with Crippen molar-refractivity contribution >= 4 is 28.5 Å². The number of ether oxygens (including phenoxy) is 1. The van der Waals surface area contributed by atoms with Gasteiger partial charge in [0.25, 0.3) is 0 Å². The average molecular weight is 311 g/mol. The summed E-state index contributed by atoms with van der Waals surface area (Å²) >= 11 is 0. The van der Waals surface area contributed by atoms with Crippen LogP contribution in [0.2, 0.25) is 0 Å². The number of urea groups is 1. The summed E-state index contributed by atoms with van der Waals surface area (Å²) in [5, 5.41) is 5.53. The van der Waals surface area contributed by atoms with E-state index >= 15 is 0 Å². The molecule has 0 saturated heterocycles. The first-order chi connectivity index (χ1) is 11.1. The maximum atomic E-state index is 12.0. The zero-order chi connectivity index (χ0) is 16.2. The molecule has 2 amide bonds. The molecule has 0 fully saturated rings. The summed E-state index contributed by atoms with van der Waals surface area (Å²) in [5.74, 6) is 1.36. The number of anilines is 2. The first-order valence-corrected chi connectivity index (χ1v) is 7.32. The second kappa shape index (κ2) is 6.39. The van der Waals surface area contributed by atoms with Gasteiger partial charge in [-0.05, 0) is 49.4 Å². The van der Waals surface area contributed by atoms with Gasteiger partial charge < -0.3 is 19.8 Å². The van der Waals surface area contributed by atoms with Gasteiger partial charge in [-0.1, -0.05) is 0 Å². The van der Waals surface area contributed by atoms with Crippen LogP contribution >= 0.6 is 0 Å². The van der Waals surface area contributed by atoms with Crippen molar-refractivity contribution in [1.82, 2.24) is 4.98 Å². The summed E-state index contributed by atoms with van der Waals surface area (Å²) in [6.07, 6.45) is 0. The minimum absolute atomic E-state index is 0.325. The van der Waals surface area contributed by atoms with E-state index in [9.17, 15) is 4.79 Å². The molecule has 0 aliphatic carbocycles. The fraction of sp³-hybridized carbons (Fsp3) is 0.176. The van der Waals surface area contributed by atoms with E-state index in [1.165, 1.54) is 0 Å². The highest BCUT2D eigenvalue weighted by atomic mass is 16.5. The van der Waals surface area contributed by atoms with Crippen molar-refractivity contribution in [3.63, 3.8) is 0 Å². The summed E-state index contributed by atoms with van der Waals surface area (Å²) in [4.78, 5) is 16.3. The molecule has 3 aromatic rings. The monoisotopic (exact) mass is 311 g/mol. The van der Waals surface area contributed by atoms with Gasteiger partial charge in [0.2, 0.25) is 0 Å². The first-order valence-electron chi connectivity index (χ1n) is 7.32. The number of nitrogens with zero attached hydrogens (tertiary/aromatic N) is 1. The van der Waals surface area contributed by atoms with Gasteiger partial charge >= 0.3 is 6.03 Å². The fourth-order valence-corrected chi connectivity index (χ4v) is 2.21. The van der Waals surface area contributed by atoms with Gasteiger partial charge in [0.15, 0.2) is 11.5 Å². The highest BCUT2D eigenvalue weighted by Crippen LogP contribution is 2.20. The van der Waals surface area contributed by atoms with Gasteiger partial charge in [-0.25, -0.2) is 9.78 Å². The Hall–Kier alpha value is -3.02. The van der Waals surface area contributed by atoms with Gasteiger partial charge in [-0.15, -0.1) is 0 Å². The van der Waals surface area contributed by atoms with Crippen LogP contribution in [0.25, 0.3) is 11.1 Å². The Bertz CT molecular complexity index is 825. The number of aromatic nitrogens is 1. The van der Waals surface area contributed by atoms with Gasteiger partial charge in [-0.3, -0.25) is 0 Å². The topological polar surface area (TPSA) is 76.4 Å². The molecule has 0 bridgehead atoms. The van der Waals surface area contributed by atoms with E-state index in [4.69, 9.17) is 9.15 Å². The molecule has 1 heterocycles. The lowest BCUT2D eigenvalue weighted by Gasteiger charge is -2.08. The molecule has 0 atom stereocenters. The molecule has 3 rings (SSSR count). The average Bonchev–Trinajstić information content (AvgIpc) is 2.89. The maximum Gasteiger partial charge on any atom is 0.323 e. The molecule has 0 aliphatic heterocycles. The van der Waals surface area contributed by atoms with Crippen molar-refractivity contribution < 1.29 is 13.9 Å². The van der Waals surface area contributed by atoms with Crippen LogP contribution in [0.15, 0.2) is 46.9 Å². The molecule has 2 aromatic carbocycles. The number of hydrogen-bond acceptors (Lipinski definition) is 4. The Morgan fingerprint density at radius 3 is 2.57 bits per heavy atom. The predicted molar refractivity (Wildman–Crippen MR) is 89.0 cm³/mol. The van der Waals surface area contributed by atoms with Crippen LogP contribution in [0.5, 0.6) is 5.75 Å². The lowest BCUT2D eigenvalue weighted by atomic mass is 10.3. The van der Waals surface area contributed by atoms with Crippen molar-refractivity contribution in [2.75, 3.05) is 17.2 Å². The predicted octanol–water partition coefficient (Wildman–Crippen LogP) is 4.18. The molecule has 0 saturated carbocycles. The van der Waals surface area contributed by atoms with Gasteiger partial charge in [-0.2, -0.15) is 0 Å². The van der Waals surface area contributed by atoms with E-state index in [2.05, 4.69) is 15.6 Å². The smallest absolute Gasteiger partial charge is 0.323 e. The third kappa shape index (κ3) is 3.60. The Morgan fingerprint density at radius 2 is 1.83 bits per heavy atom. The third-order valence-corrected chi connectivity index (χ3v) is 3.18. The van der Waals surface area contributed by atoms with Gasteiger partial charge in [0.05, 0.1) is 6.61 Å². The van der Waals surface area contributed by atoms with Crippen LogP contribution in [-0.4, -0.2) is 17.6 Å². The molecular weight excluding hydrogens is 294 g/mol. The number of benzene rings is 2. The second-order valence-corrected chi connectivity index (χ2v) is 4.95. The minimum atomic E-state index is -0.325. The molecule has 0 aliphatic rings. The van der Waals surface area contributed by atoms with E-state index < -0.39 is 0 Å². The molecule has 1 aromatic heterocycles. The molecule has 2 N–H and O–H groups in total. The Morgan fingerprint density at radius 1 is 1.13 bits per heavy atom. The molecule has 118 valence electrons. The number of nitrogens with one attached hydrogen (secondary N) is 2. The standard InChI is InChI=1S/C17H17N3O3/c1-3-22-14-7-4-12(5-8-14)19-17(21)20-13-6-9-16-15(10-13)18-11(2)23-16/h4-10H,3H2,1-2H3,(H2,19,20,21). The fourth-order valence-electron chi connectivity index (χ4n) is 2.21. The lowest BCUT2D eigenvalue weighted by Crippen LogP contribution is -2.19. The zero-order valence-electron chi connectivity index (χ0n) is 12.9. The van der Waals surface area contributed by atoms with Crippen LogP contribution in [0.4, 0.5) is 16.2 Å². The summed E-state index contributed by atoms with van der Waals surface area (Å²) in [6.45, 7) is 4.32. The molecule has 0 unspecified atom stereocenters. The largest absolute Gasteiger partial charge is 0.494 e. The van der Waals surface area contributed by atoms with Crippen molar-refractivity contribution in [3.8, 4) is 5.75 Å². The van der Waals surface area contributed by atoms with Crippen molar-refractivity contribution in [2.24, 2.45) is 0 Å². The number of amides is 2. The SMILES string of the molecule is CCOc1ccc(NC(=O)Nc2ccc3oc(C)nc3c2)cc1. The van der Waals surface area contributed by atoms with Crippen molar-refractivity contribution in [1.29, 1.82) is 0 Å². The molecule has 6 heteroatoms. The Kier molecular flexibility index (Phi) is 4.14. The third-order valence-electron chi connectivity index (χ3n) is 3.18. The van der Waals surface area contributed by atoms with E-state index in [-0.39, 0.29) is 6.03 Å². The van der Waals surface area contributed by atoms with Crippen LogP contribution in [0, 0.1) is 6.92 Å². The van der Waals surface area contributed by atoms with E-state index in [1.54, 1.807) is 37.3 Å². The van der Waals surface area contributed by atoms with Crippen LogP contribution in [-0.2, 0) is 0 Å². The summed E-state index contributed by atoms with van der Waals surface area (Å²) in [5.41, 5.74) is 2.74. The summed E-state index contributed by atoms with van der Waals surface area (Å²) in [6, 6.07) is 12.2. The maximum absolute atomic E-state index is 12.0. The first kappa shape index (κ1) is 14.9. The highest BCUT2D eigenvalue weighted by Gasteiger charge is 2.06. The molecule has 0 radical (unpaired) electrons. The number of carbonyl (C=O) groups is 1. The zero-order valence-corrected chi connectivity index (χ0v) is 12.9. The number of fused-ring (bicyclic) bond motifs is 1. The van der Waals surface area contributed by atoms with Gasteiger partial charge in [0, 0.05) is 18.3 Å². The molecule has 23 heavy (non-hydrogen) atoms. The molecule has 6 nitrogen and oxygen atoms in total. The second-order valence-electron chi connectivity index (χ2n) is 4.95. The number of hydrogen-bond donors (Lipinski definition) is 2. The van der Waals surface area contributed by atoms with E-state index in [0.29, 0.717) is 35.0 Å². The lowest BCUT2D eigenvalue weighted by molar-refractivity contribution is 0.262. The van der Waals surface area contributed by atoms with E-state index in [1.807, 2.05) is 19.1 Å². The van der Waals surface area contributed by atoms with Crippen molar-refractivity contribution in [3.05, 3.63) is 48.4 Å². The number of carbonyl (C=O) groups excluding carboxylic acids is 1. The summed E-state index contributed by atoms with van der Waals surface area (Å²) < 4.78 is 10.8. The van der Waals surface area contributed by atoms with Crippen LogP contribution in [0.3, 0.4) is 0 Å². The number of rotatable bonds is 4. The number of aryl methyl sites for hydroxylation is 1. The van der Waals surface area contributed by atoms with Crippen molar-refractivity contribution in [2.45, 2.75) is 13.8 Å². The van der Waals surface area contributed by atoms with Crippen LogP contribution < -0.4 is 15.4 Å². The molecule has 0 spiro atoms. The quantitative estimate of drug-likeness (QED) is 0.758.